The highest BCUT2D eigenvalue weighted by atomic mass is 127. The van der Waals surface area contributed by atoms with Crippen molar-refractivity contribution in [3.8, 4) is 0 Å². The number of carbonyl (C=O) groups is 2. The molecule has 0 atom stereocenters. The zero-order chi connectivity index (χ0) is 19.4. The molecule has 0 saturated carbocycles. The van der Waals surface area contributed by atoms with Crippen LogP contribution in [-0.4, -0.2) is 34.9 Å². The summed E-state index contributed by atoms with van der Waals surface area (Å²) in [6.07, 6.45) is 2.07. The molecule has 1 aliphatic rings. The number of anilines is 1. The number of hydrogen-bond acceptors (Lipinski definition) is 3. The molecule has 2 aromatic rings. The minimum absolute atomic E-state index is 0.0159. The second kappa shape index (κ2) is 8.79. The number of benzene rings is 2. The van der Waals surface area contributed by atoms with Gasteiger partial charge in [-0.25, -0.2) is 0 Å². The number of rotatable bonds is 3. The summed E-state index contributed by atoms with van der Waals surface area (Å²) in [6.45, 7) is 3.55. The van der Waals surface area contributed by atoms with Crippen molar-refractivity contribution >= 4 is 57.4 Å². The molecule has 7 heteroatoms. The van der Waals surface area contributed by atoms with Gasteiger partial charge >= 0.3 is 0 Å². The Morgan fingerprint density at radius 3 is 2.52 bits per heavy atom. The summed E-state index contributed by atoms with van der Waals surface area (Å²) in [4.78, 5) is 27.0. The molecule has 2 amide bonds. The number of aryl methyl sites for hydroxylation is 1. The zero-order valence-electron chi connectivity index (χ0n) is 14.9. The highest BCUT2D eigenvalue weighted by Gasteiger charge is 2.22. The molecule has 0 spiro atoms. The summed E-state index contributed by atoms with van der Waals surface area (Å²) in [5.41, 5.74) is 2.80. The summed E-state index contributed by atoms with van der Waals surface area (Å²) >= 11 is 7.48. The number of likely N-dealkylation sites (tertiary alicyclic amines) is 1. The van der Waals surface area contributed by atoms with Gasteiger partial charge in [-0.1, -0.05) is 18.2 Å². The van der Waals surface area contributed by atoms with Gasteiger partial charge in [0.15, 0.2) is 5.11 Å². The normalized spacial score (nSPS) is 13.3. The van der Waals surface area contributed by atoms with Gasteiger partial charge in [-0.05, 0) is 84.4 Å². The first-order valence-corrected chi connectivity index (χ1v) is 10.2. The number of nitrogens with one attached hydrogen (secondary N) is 2. The first kappa shape index (κ1) is 19.8. The van der Waals surface area contributed by atoms with Crippen molar-refractivity contribution < 1.29 is 9.59 Å². The largest absolute Gasteiger partial charge is 0.339 e. The maximum absolute atomic E-state index is 12.7. The van der Waals surface area contributed by atoms with Gasteiger partial charge in [0.05, 0.1) is 11.3 Å². The molecule has 1 fully saturated rings. The summed E-state index contributed by atoms with van der Waals surface area (Å²) in [5.74, 6) is -0.299. The van der Waals surface area contributed by atoms with Crippen LogP contribution in [0.2, 0.25) is 0 Å². The molecule has 0 aliphatic carbocycles. The minimum atomic E-state index is -0.284. The lowest BCUT2D eigenvalue weighted by atomic mass is 10.1. The average Bonchev–Trinajstić information content (AvgIpc) is 3.18. The predicted octanol–water partition coefficient (Wildman–Crippen LogP) is 3.96. The predicted molar refractivity (Wildman–Crippen MR) is 119 cm³/mol. The van der Waals surface area contributed by atoms with E-state index < -0.39 is 0 Å². The van der Waals surface area contributed by atoms with Gasteiger partial charge in [0.1, 0.15) is 0 Å². The fourth-order valence-corrected chi connectivity index (χ4v) is 3.65. The van der Waals surface area contributed by atoms with E-state index in [0.29, 0.717) is 16.8 Å². The molecule has 0 bridgehead atoms. The molecule has 0 unspecified atom stereocenters. The monoisotopic (exact) mass is 493 g/mol. The highest BCUT2D eigenvalue weighted by Crippen LogP contribution is 2.20. The highest BCUT2D eigenvalue weighted by molar-refractivity contribution is 14.1. The molecule has 2 aromatic carbocycles. The third-order valence-electron chi connectivity index (χ3n) is 4.46. The Balaban J connectivity index is 1.69. The van der Waals surface area contributed by atoms with Gasteiger partial charge in [-0.3, -0.25) is 14.9 Å². The molecule has 3 rings (SSSR count). The average molecular weight is 493 g/mol. The van der Waals surface area contributed by atoms with E-state index in [-0.39, 0.29) is 16.9 Å². The Labute approximate surface area is 177 Å². The molecule has 2 N–H and O–H groups in total. The van der Waals surface area contributed by atoms with E-state index in [1.807, 2.05) is 36.1 Å². The smallest absolute Gasteiger partial charge is 0.257 e. The number of thiocarbonyl (C=S) groups is 1. The van der Waals surface area contributed by atoms with Gasteiger partial charge < -0.3 is 10.2 Å². The Bertz CT molecular complexity index is 895. The summed E-state index contributed by atoms with van der Waals surface area (Å²) in [6, 6.07) is 12.7. The third-order valence-corrected chi connectivity index (χ3v) is 5.83. The number of halogens is 1. The van der Waals surface area contributed by atoms with Crippen LogP contribution >= 0.6 is 34.8 Å². The molecule has 5 nitrogen and oxygen atoms in total. The molecule has 1 aliphatic heterocycles. The fourth-order valence-electron chi connectivity index (χ4n) is 2.93. The molecular weight excluding hydrogens is 473 g/mol. The first-order valence-electron chi connectivity index (χ1n) is 8.72. The van der Waals surface area contributed by atoms with Gasteiger partial charge in [0.2, 0.25) is 0 Å². The lowest BCUT2D eigenvalue weighted by molar-refractivity contribution is 0.0793. The number of carbonyl (C=O) groups excluding carboxylic acids is 2. The van der Waals surface area contributed by atoms with Crippen LogP contribution in [0.4, 0.5) is 5.69 Å². The maximum atomic E-state index is 12.7. The molecular formula is C20H20IN3O2S. The van der Waals surface area contributed by atoms with Crippen molar-refractivity contribution in [2.24, 2.45) is 0 Å². The number of para-hydroxylation sites is 1. The van der Waals surface area contributed by atoms with E-state index in [2.05, 4.69) is 33.2 Å². The first-order chi connectivity index (χ1) is 13.0. The quantitative estimate of drug-likeness (QED) is 0.502. The Morgan fingerprint density at radius 2 is 1.81 bits per heavy atom. The third kappa shape index (κ3) is 4.84. The zero-order valence-corrected chi connectivity index (χ0v) is 17.9. The minimum Gasteiger partial charge on any atom is -0.339 e. The molecule has 1 heterocycles. The molecule has 0 radical (unpaired) electrons. The Morgan fingerprint density at radius 1 is 1.11 bits per heavy atom. The van der Waals surface area contributed by atoms with Crippen LogP contribution in [0.3, 0.4) is 0 Å². The van der Waals surface area contributed by atoms with Crippen molar-refractivity contribution in [3.05, 3.63) is 62.7 Å². The van der Waals surface area contributed by atoms with E-state index in [4.69, 9.17) is 12.2 Å². The standard InChI is InChI=1S/C20H20IN3O2S/c1-13-8-9-14(12-16(13)21)18(25)23-20(27)22-17-7-3-2-6-15(17)19(26)24-10-4-5-11-24/h2-3,6-9,12H,4-5,10-11H2,1H3,(H2,22,23,25,27). The van der Waals surface area contributed by atoms with Crippen molar-refractivity contribution in [1.82, 2.24) is 10.2 Å². The summed E-state index contributed by atoms with van der Waals surface area (Å²) in [5, 5.41) is 5.84. The van der Waals surface area contributed by atoms with Gasteiger partial charge in [-0.2, -0.15) is 0 Å². The van der Waals surface area contributed by atoms with Crippen molar-refractivity contribution in [2.45, 2.75) is 19.8 Å². The summed E-state index contributed by atoms with van der Waals surface area (Å²) < 4.78 is 1.01. The van der Waals surface area contributed by atoms with Gasteiger partial charge in [-0.15, -0.1) is 0 Å². The van der Waals surface area contributed by atoms with E-state index in [1.165, 1.54) is 0 Å². The lowest BCUT2D eigenvalue weighted by Crippen LogP contribution is -2.35. The van der Waals surface area contributed by atoms with Crippen LogP contribution in [0.25, 0.3) is 0 Å². The SMILES string of the molecule is Cc1ccc(C(=O)NC(=S)Nc2ccccc2C(=O)N2CCCC2)cc1I. The van der Waals surface area contributed by atoms with Crippen LogP contribution in [0.5, 0.6) is 0 Å². The molecule has 27 heavy (non-hydrogen) atoms. The van der Waals surface area contributed by atoms with Crippen molar-refractivity contribution in [2.75, 3.05) is 18.4 Å². The van der Waals surface area contributed by atoms with Crippen LogP contribution in [0.1, 0.15) is 39.1 Å². The van der Waals surface area contributed by atoms with Crippen molar-refractivity contribution in [3.63, 3.8) is 0 Å². The summed E-state index contributed by atoms with van der Waals surface area (Å²) in [7, 11) is 0. The van der Waals surface area contributed by atoms with E-state index >= 15 is 0 Å². The maximum Gasteiger partial charge on any atom is 0.257 e. The van der Waals surface area contributed by atoms with Gasteiger partial charge in [0.25, 0.3) is 11.8 Å². The fraction of sp³-hybridized carbons (Fsp3) is 0.250. The van der Waals surface area contributed by atoms with Gasteiger partial charge in [0, 0.05) is 22.2 Å². The van der Waals surface area contributed by atoms with E-state index in [0.717, 1.165) is 35.1 Å². The van der Waals surface area contributed by atoms with Crippen LogP contribution in [0, 0.1) is 10.5 Å². The number of amides is 2. The van der Waals surface area contributed by atoms with Crippen molar-refractivity contribution in [1.29, 1.82) is 0 Å². The van der Waals surface area contributed by atoms with Crippen LogP contribution < -0.4 is 10.6 Å². The van der Waals surface area contributed by atoms with E-state index in [9.17, 15) is 9.59 Å². The molecule has 0 aromatic heterocycles. The number of nitrogens with zero attached hydrogens (tertiary/aromatic N) is 1. The molecule has 140 valence electrons. The lowest BCUT2D eigenvalue weighted by Gasteiger charge is -2.18. The Kier molecular flexibility index (Phi) is 6.43. The van der Waals surface area contributed by atoms with Crippen LogP contribution in [0.15, 0.2) is 42.5 Å². The molecule has 1 saturated heterocycles. The van der Waals surface area contributed by atoms with E-state index in [1.54, 1.807) is 18.2 Å². The number of hydrogen-bond donors (Lipinski definition) is 2. The topological polar surface area (TPSA) is 61.4 Å². The van der Waals surface area contributed by atoms with Crippen LogP contribution in [-0.2, 0) is 0 Å². The second-order valence-corrected chi connectivity index (χ2v) is 7.99. The Hall–Kier alpha value is -2.00. The second-order valence-electron chi connectivity index (χ2n) is 6.42.